The predicted octanol–water partition coefficient (Wildman–Crippen LogP) is 1.93. The molecule has 0 bridgehead atoms. The number of nitrogens with two attached hydrogens (primary N) is 1. The lowest BCUT2D eigenvalue weighted by molar-refractivity contribution is 0.113. The van der Waals surface area contributed by atoms with Crippen molar-refractivity contribution in [1.29, 1.82) is 0 Å². The predicted molar refractivity (Wildman–Crippen MR) is 75.4 cm³/mol. The van der Waals surface area contributed by atoms with Crippen molar-refractivity contribution in [3.63, 3.8) is 0 Å². The second kappa shape index (κ2) is 6.99. The Morgan fingerprint density at radius 3 is 2.55 bits per heavy atom. The topological polar surface area (TPSA) is 83.6 Å². The number of hydrogen-bond acceptors (Lipinski definition) is 4. The van der Waals surface area contributed by atoms with E-state index < -0.39 is 36.1 Å². The number of anilines is 1. The van der Waals surface area contributed by atoms with Crippen LogP contribution in [0.5, 0.6) is 0 Å². The van der Waals surface area contributed by atoms with Crippen molar-refractivity contribution in [3.8, 4) is 0 Å². The third-order valence-electron chi connectivity index (χ3n) is 2.34. The maximum absolute atomic E-state index is 12.5. The van der Waals surface area contributed by atoms with E-state index >= 15 is 0 Å². The molecular weight excluding hydrogens is 382 g/mol. The van der Waals surface area contributed by atoms with Gasteiger partial charge in [0.1, 0.15) is 0 Å². The minimum Gasteiger partial charge on any atom is -0.398 e. The fourth-order valence-electron chi connectivity index (χ4n) is 1.49. The van der Waals surface area contributed by atoms with Gasteiger partial charge in [-0.05, 0) is 28.1 Å². The Kier molecular flexibility index (Phi) is 6.14. The zero-order valence-corrected chi connectivity index (χ0v) is 13.2. The number of nitrogen functional groups attached to an aromatic ring is 1. The summed E-state index contributed by atoms with van der Waals surface area (Å²) in [4.78, 5) is -0.323. The van der Waals surface area contributed by atoms with Gasteiger partial charge in [-0.3, -0.25) is 0 Å². The lowest BCUT2D eigenvalue weighted by Crippen LogP contribution is -2.37. The highest BCUT2D eigenvalue weighted by Crippen LogP contribution is 2.33. The highest BCUT2D eigenvalue weighted by molar-refractivity contribution is 9.10. The molecule has 3 N–H and O–H groups in total. The molecule has 20 heavy (non-hydrogen) atoms. The van der Waals surface area contributed by atoms with Crippen molar-refractivity contribution in [2.45, 2.75) is 11.3 Å². The van der Waals surface area contributed by atoms with E-state index in [0.717, 1.165) is 6.07 Å². The van der Waals surface area contributed by atoms with Crippen molar-refractivity contribution >= 4 is 43.2 Å². The number of sulfonamides is 1. The molecule has 0 spiro atoms. The van der Waals surface area contributed by atoms with Crippen LogP contribution in [0.3, 0.4) is 0 Å². The summed E-state index contributed by atoms with van der Waals surface area (Å²) in [5.41, 5.74) is 5.65. The maximum atomic E-state index is 12.5. The Labute approximate surface area is 128 Å². The minimum atomic E-state index is -4.25. The molecule has 0 aliphatic rings. The molecule has 5 nitrogen and oxygen atoms in total. The van der Waals surface area contributed by atoms with Crippen molar-refractivity contribution in [3.05, 3.63) is 21.6 Å². The Hall–Kier alpha value is -0.480. The third kappa shape index (κ3) is 4.01. The van der Waals surface area contributed by atoms with Gasteiger partial charge in [-0.25, -0.2) is 17.2 Å². The second-order valence-electron chi connectivity index (χ2n) is 3.78. The Bertz CT molecular complexity index is 586. The summed E-state index contributed by atoms with van der Waals surface area (Å²) in [5.74, 6) is 0. The number of halogens is 4. The average Bonchev–Trinajstić information content (AvgIpc) is 2.32. The normalized spacial score (nSPS) is 12.3. The molecule has 1 aromatic carbocycles. The molecule has 0 saturated carbocycles. The van der Waals surface area contributed by atoms with Crippen molar-refractivity contribution in [2.75, 3.05) is 25.4 Å². The number of rotatable bonds is 6. The molecule has 0 amide bonds. The summed E-state index contributed by atoms with van der Waals surface area (Å²) in [6.07, 6.45) is -2.87. The van der Waals surface area contributed by atoms with E-state index in [-0.39, 0.29) is 20.1 Å². The quantitative estimate of drug-likeness (QED) is 0.724. The van der Waals surface area contributed by atoms with Crippen LogP contribution < -0.4 is 5.73 Å². The summed E-state index contributed by atoms with van der Waals surface area (Å²) in [6.45, 7) is -2.06. The number of hydrogen-bond donors (Lipinski definition) is 2. The Balaban J connectivity index is 3.33. The number of nitrogens with zero attached hydrogens (tertiary/aromatic N) is 1. The summed E-state index contributed by atoms with van der Waals surface area (Å²) in [6, 6.07) is 2.43. The number of aliphatic hydroxyl groups is 1. The largest absolute Gasteiger partial charge is 0.398 e. The molecule has 114 valence electrons. The third-order valence-corrected chi connectivity index (χ3v) is 5.60. The second-order valence-corrected chi connectivity index (χ2v) is 6.92. The van der Waals surface area contributed by atoms with Gasteiger partial charge in [-0.15, -0.1) is 0 Å². The SMILES string of the molecule is Nc1cc(Cl)cc(S(=O)(=O)N(CCO)CC(F)F)c1Br. The minimum absolute atomic E-state index is 0.0408. The number of benzene rings is 1. The van der Waals surface area contributed by atoms with Gasteiger partial charge < -0.3 is 10.8 Å². The van der Waals surface area contributed by atoms with Gasteiger partial charge in [0, 0.05) is 17.3 Å². The first-order chi connectivity index (χ1) is 9.20. The molecule has 0 saturated heterocycles. The fraction of sp³-hybridized carbons (Fsp3) is 0.400. The van der Waals surface area contributed by atoms with Crippen LogP contribution >= 0.6 is 27.5 Å². The first-order valence-corrected chi connectivity index (χ1v) is 7.95. The van der Waals surface area contributed by atoms with E-state index in [1.54, 1.807) is 0 Å². The maximum Gasteiger partial charge on any atom is 0.252 e. The Morgan fingerprint density at radius 2 is 2.05 bits per heavy atom. The molecule has 0 unspecified atom stereocenters. The molecule has 0 atom stereocenters. The molecule has 0 fully saturated rings. The van der Waals surface area contributed by atoms with Crippen LogP contribution in [0.4, 0.5) is 14.5 Å². The lowest BCUT2D eigenvalue weighted by Gasteiger charge is -2.22. The van der Waals surface area contributed by atoms with E-state index in [4.69, 9.17) is 22.4 Å². The molecule has 0 aliphatic carbocycles. The van der Waals surface area contributed by atoms with Gasteiger partial charge in [0.2, 0.25) is 10.0 Å². The monoisotopic (exact) mass is 392 g/mol. The molecule has 1 aromatic rings. The Morgan fingerprint density at radius 1 is 1.45 bits per heavy atom. The van der Waals surface area contributed by atoms with Crippen LogP contribution in [0.25, 0.3) is 0 Å². The van der Waals surface area contributed by atoms with Crippen LogP contribution in [-0.4, -0.2) is 44.0 Å². The van der Waals surface area contributed by atoms with Gasteiger partial charge in [0.25, 0.3) is 6.43 Å². The molecule has 0 radical (unpaired) electrons. The van der Waals surface area contributed by atoms with Crippen LogP contribution in [0.1, 0.15) is 0 Å². The van der Waals surface area contributed by atoms with E-state index in [1.807, 2.05) is 0 Å². The highest BCUT2D eigenvalue weighted by Gasteiger charge is 2.29. The van der Waals surface area contributed by atoms with Crippen molar-refractivity contribution in [1.82, 2.24) is 4.31 Å². The zero-order valence-electron chi connectivity index (χ0n) is 10.1. The molecule has 0 aliphatic heterocycles. The number of alkyl halides is 2. The van der Waals surface area contributed by atoms with Gasteiger partial charge in [-0.2, -0.15) is 4.31 Å². The summed E-state index contributed by atoms with van der Waals surface area (Å²) in [7, 11) is -4.25. The van der Waals surface area contributed by atoms with Gasteiger partial charge in [0.05, 0.1) is 22.5 Å². The molecule has 1 rings (SSSR count). The van der Waals surface area contributed by atoms with E-state index in [2.05, 4.69) is 15.9 Å². The standard InChI is InChI=1S/C10H12BrClF2N2O3S/c11-10-7(15)3-6(12)4-8(10)20(18,19)16(1-2-17)5-9(13)14/h3-4,9,17H,1-2,5,15H2. The van der Waals surface area contributed by atoms with Gasteiger partial charge in [0.15, 0.2) is 0 Å². The molecule has 10 heteroatoms. The van der Waals surface area contributed by atoms with Crippen LogP contribution in [0, 0.1) is 0 Å². The summed E-state index contributed by atoms with van der Waals surface area (Å²) in [5, 5.41) is 8.89. The zero-order chi connectivity index (χ0) is 15.5. The van der Waals surface area contributed by atoms with Gasteiger partial charge >= 0.3 is 0 Å². The molecule has 0 heterocycles. The first-order valence-electron chi connectivity index (χ1n) is 5.33. The molecular formula is C10H12BrClF2N2O3S. The smallest absolute Gasteiger partial charge is 0.252 e. The van der Waals surface area contributed by atoms with Crippen LogP contribution in [0.15, 0.2) is 21.5 Å². The van der Waals surface area contributed by atoms with E-state index in [9.17, 15) is 17.2 Å². The van der Waals surface area contributed by atoms with Gasteiger partial charge in [-0.1, -0.05) is 11.6 Å². The van der Waals surface area contributed by atoms with Crippen molar-refractivity contribution in [2.24, 2.45) is 0 Å². The summed E-state index contributed by atoms with van der Waals surface area (Å²) >= 11 is 8.73. The first kappa shape index (κ1) is 17.6. The van der Waals surface area contributed by atoms with Crippen LogP contribution in [-0.2, 0) is 10.0 Å². The lowest BCUT2D eigenvalue weighted by atomic mass is 10.3. The van der Waals surface area contributed by atoms with E-state index in [1.165, 1.54) is 6.07 Å². The van der Waals surface area contributed by atoms with Crippen molar-refractivity contribution < 1.29 is 22.3 Å². The molecule has 0 aromatic heterocycles. The average molecular weight is 394 g/mol. The number of aliphatic hydroxyl groups excluding tert-OH is 1. The fourth-order valence-corrected chi connectivity index (χ4v) is 4.15. The summed E-state index contributed by atoms with van der Waals surface area (Å²) < 4.78 is 50.1. The van der Waals surface area contributed by atoms with E-state index in [0.29, 0.717) is 4.31 Å². The highest BCUT2D eigenvalue weighted by atomic mass is 79.9. The van der Waals surface area contributed by atoms with Crippen LogP contribution in [0.2, 0.25) is 5.02 Å².